The zero-order valence-electron chi connectivity index (χ0n) is 13.4. The van der Waals surface area contributed by atoms with Crippen LogP contribution in [-0.2, 0) is 0 Å². The topological polar surface area (TPSA) is 60.6 Å². The number of rotatable bonds is 2. The Morgan fingerprint density at radius 1 is 1.00 bits per heavy atom. The van der Waals surface area contributed by atoms with Gasteiger partial charge in [-0.2, -0.15) is 5.10 Å². The van der Waals surface area contributed by atoms with Crippen LogP contribution in [0.15, 0.2) is 42.7 Å². The van der Waals surface area contributed by atoms with Gasteiger partial charge in [-0.1, -0.05) is 18.2 Å². The lowest BCUT2D eigenvalue weighted by atomic mass is 10.0. The Morgan fingerprint density at radius 2 is 1.88 bits per heavy atom. The van der Waals surface area contributed by atoms with Crippen LogP contribution in [0.25, 0.3) is 33.2 Å². The van der Waals surface area contributed by atoms with Gasteiger partial charge in [-0.05, 0) is 31.4 Å². The van der Waals surface area contributed by atoms with Crippen LogP contribution in [0.4, 0.5) is 5.69 Å². The lowest BCUT2D eigenvalue weighted by molar-refractivity contribution is 0.579. The van der Waals surface area contributed by atoms with Crippen molar-refractivity contribution in [3.05, 3.63) is 42.7 Å². The van der Waals surface area contributed by atoms with E-state index in [9.17, 15) is 0 Å². The van der Waals surface area contributed by atoms with Gasteiger partial charge in [0, 0.05) is 42.1 Å². The highest BCUT2D eigenvalue weighted by Gasteiger charge is 2.20. The molecule has 1 fully saturated rings. The number of anilines is 1. The second kappa shape index (κ2) is 5.37. The summed E-state index contributed by atoms with van der Waals surface area (Å²) < 4.78 is 0. The molecule has 1 saturated heterocycles. The summed E-state index contributed by atoms with van der Waals surface area (Å²) in [5, 5.41) is 10.0. The molecule has 3 aromatic heterocycles. The Morgan fingerprint density at radius 3 is 2.79 bits per heavy atom. The third-order valence-corrected chi connectivity index (χ3v) is 4.97. The second-order valence-electron chi connectivity index (χ2n) is 6.42. The van der Waals surface area contributed by atoms with Crippen LogP contribution in [0.1, 0.15) is 19.3 Å². The number of hydrogen-bond acceptors (Lipinski definition) is 3. The molecule has 120 valence electrons. The number of para-hydroxylation sites is 1. The summed E-state index contributed by atoms with van der Waals surface area (Å²) in [5.74, 6) is 0. The summed E-state index contributed by atoms with van der Waals surface area (Å²) in [6, 6.07) is 10.4. The molecule has 1 aliphatic heterocycles. The molecule has 0 amide bonds. The normalized spacial score (nSPS) is 15.4. The summed E-state index contributed by atoms with van der Waals surface area (Å²) in [6.07, 6.45) is 7.78. The van der Waals surface area contributed by atoms with Crippen molar-refractivity contribution in [2.24, 2.45) is 0 Å². The highest BCUT2D eigenvalue weighted by Crippen LogP contribution is 2.37. The molecule has 5 nitrogen and oxygen atoms in total. The molecule has 4 heterocycles. The zero-order valence-corrected chi connectivity index (χ0v) is 13.4. The van der Waals surface area contributed by atoms with E-state index in [1.165, 1.54) is 30.3 Å². The summed E-state index contributed by atoms with van der Waals surface area (Å²) in [7, 11) is 0. The minimum atomic E-state index is 0.931. The van der Waals surface area contributed by atoms with Gasteiger partial charge in [-0.15, -0.1) is 0 Å². The van der Waals surface area contributed by atoms with E-state index in [0.29, 0.717) is 0 Å². The second-order valence-corrected chi connectivity index (χ2v) is 6.42. The minimum absolute atomic E-state index is 0.931. The number of hydrogen-bond donors (Lipinski definition) is 2. The number of aromatic nitrogens is 4. The molecule has 0 spiro atoms. The monoisotopic (exact) mass is 317 g/mol. The van der Waals surface area contributed by atoms with E-state index < -0.39 is 0 Å². The molecule has 0 atom stereocenters. The van der Waals surface area contributed by atoms with Crippen molar-refractivity contribution in [1.82, 2.24) is 20.2 Å². The van der Waals surface area contributed by atoms with Crippen LogP contribution in [0.2, 0.25) is 0 Å². The van der Waals surface area contributed by atoms with E-state index >= 15 is 0 Å². The van der Waals surface area contributed by atoms with Gasteiger partial charge in [0.1, 0.15) is 11.3 Å². The SMILES string of the molecule is c1ccc2c(-c3c[nH]c4nccc(N5CCCCC5)c34)n[nH]c2c1. The van der Waals surface area contributed by atoms with Crippen molar-refractivity contribution in [1.29, 1.82) is 0 Å². The highest BCUT2D eigenvalue weighted by atomic mass is 15.1. The molecule has 1 aliphatic rings. The van der Waals surface area contributed by atoms with Crippen LogP contribution >= 0.6 is 0 Å². The standard InChI is InChI=1S/C19H19N5/c1-4-10-24(11-5-1)16-8-9-20-19-17(16)14(12-21-19)18-13-6-2-3-7-15(13)22-23-18/h2-3,6-9,12H,1,4-5,10-11H2,(H,20,21)(H,22,23). The Kier molecular flexibility index (Phi) is 3.04. The lowest BCUT2D eigenvalue weighted by Crippen LogP contribution is -2.29. The molecule has 5 heteroatoms. The van der Waals surface area contributed by atoms with Crippen molar-refractivity contribution >= 4 is 27.6 Å². The van der Waals surface area contributed by atoms with E-state index in [-0.39, 0.29) is 0 Å². The Labute approximate surface area is 139 Å². The average Bonchev–Trinajstić information content (AvgIpc) is 3.26. The van der Waals surface area contributed by atoms with Gasteiger partial charge in [0.25, 0.3) is 0 Å². The average molecular weight is 317 g/mol. The molecule has 4 aromatic rings. The number of nitrogens with one attached hydrogen (secondary N) is 2. The summed E-state index contributed by atoms with van der Waals surface area (Å²) in [4.78, 5) is 10.3. The van der Waals surface area contributed by atoms with Crippen molar-refractivity contribution in [3.63, 3.8) is 0 Å². The maximum absolute atomic E-state index is 4.58. The van der Waals surface area contributed by atoms with Crippen molar-refractivity contribution in [3.8, 4) is 11.3 Å². The van der Waals surface area contributed by atoms with Crippen molar-refractivity contribution < 1.29 is 0 Å². The van der Waals surface area contributed by atoms with Gasteiger partial charge in [-0.25, -0.2) is 4.98 Å². The molecule has 0 bridgehead atoms. The molecule has 24 heavy (non-hydrogen) atoms. The fourth-order valence-corrected chi connectivity index (χ4v) is 3.79. The molecular weight excluding hydrogens is 298 g/mol. The van der Waals surface area contributed by atoms with E-state index in [2.05, 4.69) is 49.3 Å². The van der Waals surface area contributed by atoms with Crippen LogP contribution < -0.4 is 4.90 Å². The number of pyridine rings is 1. The fraction of sp³-hybridized carbons (Fsp3) is 0.263. The van der Waals surface area contributed by atoms with Crippen LogP contribution in [0.3, 0.4) is 0 Å². The lowest BCUT2D eigenvalue weighted by Gasteiger charge is -2.29. The minimum Gasteiger partial charge on any atom is -0.371 e. The summed E-state index contributed by atoms with van der Waals surface area (Å²) in [5.41, 5.74) is 5.37. The van der Waals surface area contributed by atoms with Gasteiger partial charge in [0.15, 0.2) is 0 Å². The first-order valence-electron chi connectivity index (χ1n) is 8.56. The third-order valence-electron chi connectivity index (χ3n) is 4.97. The number of benzene rings is 1. The molecular formula is C19H19N5. The Hall–Kier alpha value is -2.82. The maximum Gasteiger partial charge on any atom is 0.140 e. The highest BCUT2D eigenvalue weighted by molar-refractivity contribution is 6.07. The molecule has 0 saturated carbocycles. The Balaban J connectivity index is 1.74. The molecule has 0 radical (unpaired) electrons. The van der Waals surface area contributed by atoms with Crippen LogP contribution in [0.5, 0.6) is 0 Å². The van der Waals surface area contributed by atoms with E-state index in [4.69, 9.17) is 0 Å². The predicted molar refractivity (Wildman–Crippen MR) is 97.2 cm³/mol. The smallest absolute Gasteiger partial charge is 0.140 e. The van der Waals surface area contributed by atoms with E-state index in [1.54, 1.807) is 0 Å². The van der Waals surface area contributed by atoms with Gasteiger partial charge in [0.05, 0.1) is 10.9 Å². The number of piperidine rings is 1. The Bertz CT molecular complexity index is 1010. The van der Waals surface area contributed by atoms with Gasteiger partial charge in [0.2, 0.25) is 0 Å². The van der Waals surface area contributed by atoms with E-state index in [1.807, 2.05) is 18.5 Å². The number of fused-ring (bicyclic) bond motifs is 2. The zero-order chi connectivity index (χ0) is 15.9. The molecule has 0 unspecified atom stereocenters. The first-order chi connectivity index (χ1) is 11.9. The molecule has 5 rings (SSSR count). The van der Waals surface area contributed by atoms with Gasteiger partial charge < -0.3 is 9.88 Å². The third kappa shape index (κ3) is 2.01. The van der Waals surface area contributed by atoms with Gasteiger partial charge in [-0.3, -0.25) is 5.10 Å². The van der Waals surface area contributed by atoms with E-state index in [0.717, 1.165) is 40.9 Å². The molecule has 2 N–H and O–H groups in total. The first kappa shape index (κ1) is 13.6. The predicted octanol–water partition coefficient (Wildman–Crippen LogP) is 4.10. The molecule has 0 aliphatic carbocycles. The van der Waals surface area contributed by atoms with Crippen LogP contribution in [0, 0.1) is 0 Å². The van der Waals surface area contributed by atoms with Crippen molar-refractivity contribution in [2.45, 2.75) is 19.3 Å². The van der Waals surface area contributed by atoms with Crippen molar-refractivity contribution in [2.75, 3.05) is 18.0 Å². The summed E-state index contributed by atoms with van der Waals surface area (Å²) >= 11 is 0. The fourth-order valence-electron chi connectivity index (χ4n) is 3.79. The number of H-pyrrole nitrogens is 2. The van der Waals surface area contributed by atoms with Crippen LogP contribution in [-0.4, -0.2) is 33.3 Å². The van der Waals surface area contributed by atoms with Gasteiger partial charge >= 0.3 is 0 Å². The number of nitrogens with zero attached hydrogens (tertiary/aromatic N) is 3. The molecule has 1 aromatic carbocycles. The number of aromatic amines is 2. The quantitative estimate of drug-likeness (QED) is 0.585. The largest absolute Gasteiger partial charge is 0.371 e. The first-order valence-corrected chi connectivity index (χ1v) is 8.56. The maximum atomic E-state index is 4.58. The summed E-state index contributed by atoms with van der Waals surface area (Å²) in [6.45, 7) is 2.23.